The quantitative estimate of drug-likeness (QED) is 0.838. The van der Waals surface area contributed by atoms with Gasteiger partial charge in [-0.15, -0.1) is 12.4 Å². The van der Waals surface area contributed by atoms with Crippen LogP contribution in [0.1, 0.15) is 55.8 Å². The summed E-state index contributed by atoms with van der Waals surface area (Å²) in [6.45, 7) is 3.59. The van der Waals surface area contributed by atoms with E-state index in [1.54, 1.807) is 0 Å². The van der Waals surface area contributed by atoms with E-state index in [1.807, 2.05) is 0 Å². The summed E-state index contributed by atoms with van der Waals surface area (Å²) >= 11 is 0. The molecular formula is C20H31ClN2O2. The van der Waals surface area contributed by atoms with Crippen LogP contribution >= 0.6 is 12.4 Å². The number of amides is 1. The Morgan fingerprint density at radius 1 is 1.16 bits per heavy atom. The zero-order valence-corrected chi connectivity index (χ0v) is 15.9. The van der Waals surface area contributed by atoms with E-state index < -0.39 is 0 Å². The molecule has 4 nitrogen and oxygen atoms in total. The lowest BCUT2D eigenvalue weighted by atomic mass is 9.89. The first-order valence-electron chi connectivity index (χ1n) is 9.34. The smallest absolute Gasteiger partial charge is 0.220 e. The summed E-state index contributed by atoms with van der Waals surface area (Å²) in [7, 11) is 0. The molecule has 1 aliphatic heterocycles. The second kappa shape index (κ2) is 9.56. The summed E-state index contributed by atoms with van der Waals surface area (Å²) in [5, 5.41) is 3.14. The lowest BCUT2D eigenvalue weighted by Crippen LogP contribution is -2.37. The fraction of sp³-hybridized carbons (Fsp3) is 0.650. The Kier molecular flexibility index (Phi) is 7.73. The largest absolute Gasteiger partial charge is 0.373 e. The standard InChI is InChI=1S/C20H30N2O2.ClH/c1-14-7-9-15(10-8-14)20-17(5-3-11-24-20)13-22-19(23)12-16-4-2-6-18(16)21;/h7-10,16-18,20H,2-6,11-13,21H2,1H3,(H,22,23);1H/t16-,17?,18+,20?;/m0./s1. The molecule has 0 aromatic heterocycles. The van der Waals surface area contributed by atoms with E-state index in [0.717, 1.165) is 38.7 Å². The highest BCUT2D eigenvalue weighted by molar-refractivity contribution is 5.85. The summed E-state index contributed by atoms with van der Waals surface area (Å²) in [6, 6.07) is 8.76. The van der Waals surface area contributed by atoms with Crippen LogP contribution in [0.15, 0.2) is 24.3 Å². The second-order valence-electron chi connectivity index (χ2n) is 7.47. The number of hydrogen-bond donors (Lipinski definition) is 2. The number of carbonyl (C=O) groups excluding carboxylic acids is 1. The van der Waals surface area contributed by atoms with Gasteiger partial charge in [-0.1, -0.05) is 36.2 Å². The number of aryl methyl sites for hydroxylation is 1. The molecule has 0 spiro atoms. The Bertz CT molecular complexity index is 549. The minimum Gasteiger partial charge on any atom is -0.373 e. The maximum atomic E-state index is 12.3. The molecule has 5 heteroatoms. The number of benzene rings is 1. The first-order chi connectivity index (χ1) is 11.6. The molecule has 1 aromatic carbocycles. The summed E-state index contributed by atoms with van der Waals surface area (Å²) < 4.78 is 6.03. The van der Waals surface area contributed by atoms with E-state index in [9.17, 15) is 4.79 Å². The van der Waals surface area contributed by atoms with Gasteiger partial charge in [-0.3, -0.25) is 4.79 Å². The van der Waals surface area contributed by atoms with E-state index in [4.69, 9.17) is 10.5 Å². The van der Waals surface area contributed by atoms with Crippen LogP contribution in [0.25, 0.3) is 0 Å². The molecule has 1 saturated heterocycles. The van der Waals surface area contributed by atoms with E-state index >= 15 is 0 Å². The van der Waals surface area contributed by atoms with Gasteiger partial charge in [0.15, 0.2) is 0 Å². The number of nitrogens with one attached hydrogen (secondary N) is 1. The van der Waals surface area contributed by atoms with E-state index in [0.29, 0.717) is 24.8 Å². The predicted molar refractivity (Wildman–Crippen MR) is 103 cm³/mol. The summed E-state index contributed by atoms with van der Waals surface area (Å²) in [6.07, 6.45) is 6.14. The van der Waals surface area contributed by atoms with Gasteiger partial charge >= 0.3 is 0 Å². The van der Waals surface area contributed by atoms with Crippen LogP contribution in [0.2, 0.25) is 0 Å². The molecule has 2 fully saturated rings. The van der Waals surface area contributed by atoms with Gasteiger partial charge in [-0.25, -0.2) is 0 Å². The molecule has 1 aliphatic carbocycles. The molecule has 140 valence electrons. The van der Waals surface area contributed by atoms with E-state index in [-0.39, 0.29) is 30.5 Å². The van der Waals surface area contributed by atoms with Crippen LogP contribution in [0.5, 0.6) is 0 Å². The van der Waals surface area contributed by atoms with Gasteiger partial charge in [0.2, 0.25) is 5.91 Å². The maximum absolute atomic E-state index is 12.3. The minimum atomic E-state index is 0. The van der Waals surface area contributed by atoms with Crippen molar-refractivity contribution < 1.29 is 9.53 Å². The lowest BCUT2D eigenvalue weighted by Gasteiger charge is -2.32. The molecule has 0 radical (unpaired) electrons. The average Bonchev–Trinajstić information content (AvgIpc) is 2.99. The second-order valence-corrected chi connectivity index (χ2v) is 7.47. The van der Waals surface area contributed by atoms with E-state index in [2.05, 4.69) is 36.5 Å². The highest BCUT2D eigenvalue weighted by atomic mass is 35.5. The molecule has 2 aliphatic rings. The molecule has 1 saturated carbocycles. The highest BCUT2D eigenvalue weighted by Crippen LogP contribution is 2.33. The van der Waals surface area contributed by atoms with Crippen molar-refractivity contribution in [3.63, 3.8) is 0 Å². The molecule has 1 aromatic rings. The first kappa shape index (κ1) is 20.2. The van der Waals surface area contributed by atoms with Crippen molar-refractivity contribution in [1.82, 2.24) is 5.32 Å². The zero-order chi connectivity index (χ0) is 16.9. The minimum absolute atomic E-state index is 0. The Balaban J connectivity index is 0.00000225. The van der Waals surface area contributed by atoms with Gasteiger partial charge in [0.25, 0.3) is 0 Å². The molecule has 2 unspecified atom stereocenters. The van der Waals surface area contributed by atoms with Gasteiger partial charge in [-0.2, -0.15) is 0 Å². The fourth-order valence-corrected chi connectivity index (χ4v) is 4.05. The normalized spacial score (nSPS) is 29.0. The number of ether oxygens (including phenoxy) is 1. The molecule has 25 heavy (non-hydrogen) atoms. The average molecular weight is 367 g/mol. The maximum Gasteiger partial charge on any atom is 0.220 e. The highest BCUT2D eigenvalue weighted by Gasteiger charge is 2.29. The van der Waals surface area contributed by atoms with Crippen molar-refractivity contribution in [2.45, 2.75) is 57.6 Å². The Morgan fingerprint density at radius 3 is 2.56 bits per heavy atom. The topological polar surface area (TPSA) is 64.3 Å². The Morgan fingerprint density at radius 2 is 1.88 bits per heavy atom. The van der Waals surface area contributed by atoms with Crippen molar-refractivity contribution in [3.8, 4) is 0 Å². The van der Waals surface area contributed by atoms with Crippen molar-refractivity contribution in [1.29, 1.82) is 0 Å². The summed E-state index contributed by atoms with van der Waals surface area (Å²) in [5.41, 5.74) is 8.55. The monoisotopic (exact) mass is 366 g/mol. The summed E-state index contributed by atoms with van der Waals surface area (Å²) in [5.74, 6) is 0.855. The van der Waals surface area contributed by atoms with Crippen LogP contribution in [-0.4, -0.2) is 25.1 Å². The van der Waals surface area contributed by atoms with Gasteiger partial charge < -0.3 is 15.8 Å². The first-order valence-corrected chi connectivity index (χ1v) is 9.34. The van der Waals surface area contributed by atoms with E-state index in [1.165, 1.54) is 11.1 Å². The fourth-order valence-electron chi connectivity index (χ4n) is 4.05. The molecule has 0 bridgehead atoms. The SMILES string of the molecule is Cc1ccc(C2OCCCC2CNC(=O)C[C@@H]2CCC[C@H]2N)cc1.Cl. The van der Waals surface area contributed by atoms with Gasteiger partial charge in [0.1, 0.15) is 0 Å². The van der Waals surface area contributed by atoms with Crippen LogP contribution in [0.3, 0.4) is 0 Å². The van der Waals surface area contributed by atoms with Crippen molar-refractivity contribution >= 4 is 18.3 Å². The molecule has 1 amide bonds. The predicted octanol–water partition coefficient (Wildman–Crippen LogP) is 3.52. The lowest BCUT2D eigenvalue weighted by molar-refractivity contribution is -0.122. The third-order valence-corrected chi connectivity index (χ3v) is 5.58. The Labute approximate surface area is 157 Å². The van der Waals surface area contributed by atoms with Gasteiger partial charge in [-0.05, 0) is 44.1 Å². The van der Waals surface area contributed by atoms with Crippen LogP contribution < -0.4 is 11.1 Å². The number of carbonyl (C=O) groups is 1. The zero-order valence-electron chi connectivity index (χ0n) is 15.1. The van der Waals surface area contributed by atoms with Gasteiger partial charge in [0, 0.05) is 31.5 Å². The van der Waals surface area contributed by atoms with Crippen molar-refractivity contribution in [2.24, 2.45) is 17.6 Å². The van der Waals surface area contributed by atoms with Crippen LogP contribution in [-0.2, 0) is 9.53 Å². The summed E-state index contributed by atoms with van der Waals surface area (Å²) in [4.78, 5) is 12.3. The molecule has 4 atom stereocenters. The molecule has 3 N–H and O–H groups in total. The van der Waals surface area contributed by atoms with Gasteiger partial charge in [0.05, 0.1) is 6.10 Å². The number of hydrogen-bond acceptors (Lipinski definition) is 3. The third-order valence-electron chi connectivity index (χ3n) is 5.58. The van der Waals surface area contributed by atoms with Crippen molar-refractivity contribution in [2.75, 3.05) is 13.2 Å². The number of rotatable bonds is 5. The van der Waals surface area contributed by atoms with Crippen molar-refractivity contribution in [3.05, 3.63) is 35.4 Å². The van der Waals surface area contributed by atoms with Crippen LogP contribution in [0.4, 0.5) is 0 Å². The number of halogens is 1. The molecule has 3 rings (SSSR count). The molecule has 1 heterocycles. The number of nitrogens with two attached hydrogens (primary N) is 1. The third kappa shape index (κ3) is 5.44. The molecular weight excluding hydrogens is 336 g/mol. The Hall–Kier alpha value is -1.10. The van der Waals surface area contributed by atoms with Crippen LogP contribution in [0, 0.1) is 18.8 Å².